The molecule has 1 aliphatic carbocycles. The highest BCUT2D eigenvalue weighted by molar-refractivity contribution is 5.76. The van der Waals surface area contributed by atoms with Gasteiger partial charge in [0.1, 0.15) is 0 Å². The van der Waals surface area contributed by atoms with Crippen LogP contribution in [-0.2, 0) is 9.53 Å². The van der Waals surface area contributed by atoms with Gasteiger partial charge in [-0.1, -0.05) is 25.7 Å². The molecule has 4 heteroatoms. The van der Waals surface area contributed by atoms with Crippen molar-refractivity contribution in [2.45, 2.75) is 44.9 Å². The maximum Gasteiger partial charge on any atom is 0.223 e. The number of amides is 1. The van der Waals surface area contributed by atoms with Gasteiger partial charge in [-0.15, -0.1) is 0 Å². The zero-order valence-corrected chi connectivity index (χ0v) is 11.6. The summed E-state index contributed by atoms with van der Waals surface area (Å²) in [5, 5.41) is 9.00. The Morgan fingerprint density at radius 3 is 2.44 bits per heavy atom. The number of ether oxygens (including phenoxy) is 1. The van der Waals surface area contributed by atoms with Crippen LogP contribution < -0.4 is 0 Å². The Bertz CT molecular complexity index is 225. The number of carbonyl (C=O) groups excluding carboxylic acids is 1. The molecule has 1 rings (SSSR count). The molecule has 0 aliphatic heterocycles. The minimum Gasteiger partial charge on any atom is -0.395 e. The third-order valence-electron chi connectivity index (χ3n) is 3.73. The van der Waals surface area contributed by atoms with E-state index < -0.39 is 0 Å². The van der Waals surface area contributed by atoms with Gasteiger partial charge in [0, 0.05) is 26.6 Å². The maximum atomic E-state index is 12.2. The normalized spacial score (nSPS) is 17.4. The predicted octanol–water partition coefficient (Wildman–Crippen LogP) is 1.81. The van der Waals surface area contributed by atoms with Crippen LogP contribution in [0.3, 0.4) is 0 Å². The van der Waals surface area contributed by atoms with E-state index in [2.05, 4.69) is 0 Å². The molecule has 0 saturated heterocycles. The lowest BCUT2D eigenvalue weighted by Crippen LogP contribution is -2.37. The summed E-state index contributed by atoms with van der Waals surface area (Å²) in [5.41, 5.74) is 0. The zero-order valence-electron chi connectivity index (χ0n) is 11.6. The van der Waals surface area contributed by atoms with Gasteiger partial charge in [0.15, 0.2) is 0 Å². The second-order valence-corrected chi connectivity index (χ2v) is 5.16. The molecule has 0 bridgehead atoms. The molecule has 0 spiro atoms. The van der Waals surface area contributed by atoms with Crippen molar-refractivity contribution in [3.8, 4) is 0 Å². The monoisotopic (exact) mass is 257 g/mol. The zero-order chi connectivity index (χ0) is 13.2. The summed E-state index contributed by atoms with van der Waals surface area (Å²) in [6.07, 6.45) is 8.16. The van der Waals surface area contributed by atoms with Gasteiger partial charge in [0.05, 0.1) is 13.2 Å². The Hall–Kier alpha value is -0.610. The van der Waals surface area contributed by atoms with Crippen LogP contribution in [-0.4, -0.2) is 49.3 Å². The van der Waals surface area contributed by atoms with Crippen molar-refractivity contribution >= 4 is 5.91 Å². The van der Waals surface area contributed by atoms with Crippen molar-refractivity contribution in [3.05, 3.63) is 0 Å². The number of aliphatic hydroxyl groups is 1. The van der Waals surface area contributed by atoms with Crippen molar-refractivity contribution in [2.24, 2.45) is 5.92 Å². The molecule has 0 heterocycles. The van der Waals surface area contributed by atoms with E-state index in [-0.39, 0.29) is 12.5 Å². The number of nitrogens with zero attached hydrogens (tertiary/aromatic N) is 1. The molecule has 106 valence electrons. The third kappa shape index (κ3) is 5.83. The molecule has 18 heavy (non-hydrogen) atoms. The number of carbonyl (C=O) groups is 1. The first-order valence-corrected chi connectivity index (χ1v) is 7.15. The second-order valence-electron chi connectivity index (χ2n) is 5.16. The fraction of sp³-hybridized carbons (Fsp3) is 0.929. The van der Waals surface area contributed by atoms with E-state index in [0.29, 0.717) is 32.0 Å². The van der Waals surface area contributed by atoms with Gasteiger partial charge in [0.25, 0.3) is 0 Å². The third-order valence-corrected chi connectivity index (χ3v) is 3.73. The maximum absolute atomic E-state index is 12.2. The van der Waals surface area contributed by atoms with Crippen molar-refractivity contribution < 1.29 is 14.6 Å². The highest BCUT2D eigenvalue weighted by Crippen LogP contribution is 2.25. The molecule has 0 aromatic heterocycles. The molecular formula is C14H27NO3. The SMILES string of the molecule is COCCN(CCO)C(=O)CC1CCCCCC1. The fourth-order valence-corrected chi connectivity index (χ4v) is 2.63. The van der Waals surface area contributed by atoms with Crippen LogP contribution >= 0.6 is 0 Å². The minimum absolute atomic E-state index is 0.0279. The first-order valence-electron chi connectivity index (χ1n) is 7.15. The summed E-state index contributed by atoms with van der Waals surface area (Å²) in [6, 6.07) is 0. The van der Waals surface area contributed by atoms with Gasteiger partial charge in [0.2, 0.25) is 5.91 Å². The summed E-state index contributed by atoms with van der Waals surface area (Å²) in [5.74, 6) is 0.719. The summed E-state index contributed by atoms with van der Waals surface area (Å²) >= 11 is 0. The molecule has 0 aromatic rings. The average molecular weight is 257 g/mol. The molecule has 0 unspecified atom stereocenters. The highest BCUT2D eigenvalue weighted by atomic mass is 16.5. The average Bonchev–Trinajstić information content (AvgIpc) is 2.63. The Kier molecular flexibility index (Phi) is 8.01. The van der Waals surface area contributed by atoms with Crippen molar-refractivity contribution in [1.29, 1.82) is 0 Å². The van der Waals surface area contributed by atoms with Gasteiger partial charge < -0.3 is 14.7 Å². The van der Waals surface area contributed by atoms with Gasteiger partial charge >= 0.3 is 0 Å². The molecule has 1 amide bonds. The Morgan fingerprint density at radius 2 is 1.89 bits per heavy atom. The number of aliphatic hydroxyl groups excluding tert-OH is 1. The van der Waals surface area contributed by atoms with Crippen molar-refractivity contribution in [3.63, 3.8) is 0 Å². The van der Waals surface area contributed by atoms with Crippen LogP contribution in [0.1, 0.15) is 44.9 Å². The quantitative estimate of drug-likeness (QED) is 0.708. The molecular weight excluding hydrogens is 230 g/mol. The molecule has 0 aromatic carbocycles. The van der Waals surface area contributed by atoms with E-state index in [0.717, 1.165) is 0 Å². The van der Waals surface area contributed by atoms with Gasteiger partial charge in [-0.25, -0.2) is 0 Å². The molecule has 4 nitrogen and oxygen atoms in total. The fourth-order valence-electron chi connectivity index (χ4n) is 2.63. The molecule has 0 atom stereocenters. The van der Waals surface area contributed by atoms with Gasteiger partial charge in [-0.3, -0.25) is 4.79 Å². The first-order chi connectivity index (χ1) is 8.77. The smallest absolute Gasteiger partial charge is 0.223 e. The van der Waals surface area contributed by atoms with Crippen molar-refractivity contribution in [2.75, 3.05) is 33.4 Å². The Balaban J connectivity index is 2.38. The number of hydrogen-bond donors (Lipinski definition) is 1. The van der Waals surface area contributed by atoms with Crippen molar-refractivity contribution in [1.82, 2.24) is 4.90 Å². The summed E-state index contributed by atoms with van der Waals surface area (Å²) < 4.78 is 5.00. The van der Waals surface area contributed by atoms with Crippen LogP contribution in [0.5, 0.6) is 0 Å². The molecule has 1 aliphatic rings. The van der Waals surface area contributed by atoms with Crippen LogP contribution in [0.4, 0.5) is 0 Å². The van der Waals surface area contributed by atoms with Crippen LogP contribution in [0.25, 0.3) is 0 Å². The highest BCUT2D eigenvalue weighted by Gasteiger charge is 2.19. The van der Waals surface area contributed by atoms with E-state index in [1.165, 1.54) is 38.5 Å². The standard InChI is InChI=1S/C14H27NO3/c1-18-11-9-15(8-10-16)14(17)12-13-6-4-2-3-5-7-13/h13,16H,2-12H2,1H3. The summed E-state index contributed by atoms with van der Waals surface area (Å²) in [6.45, 7) is 1.58. The topological polar surface area (TPSA) is 49.8 Å². The minimum atomic E-state index is 0.0279. The number of rotatable bonds is 7. The number of methoxy groups -OCH3 is 1. The Morgan fingerprint density at radius 1 is 1.22 bits per heavy atom. The lowest BCUT2D eigenvalue weighted by Gasteiger charge is -2.24. The second kappa shape index (κ2) is 9.34. The van der Waals surface area contributed by atoms with Crippen LogP contribution in [0.2, 0.25) is 0 Å². The van der Waals surface area contributed by atoms with E-state index in [9.17, 15) is 4.79 Å². The van der Waals surface area contributed by atoms with Crippen LogP contribution in [0, 0.1) is 5.92 Å². The first kappa shape index (κ1) is 15.4. The van der Waals surface area contributed by atoms with E-state index >= 15 is 0 Å². The van der Waals surface area contributed by atoms with E-state index in [4.69, 9.17) is 9.84 Å². The lowest BCUT2D eigenvalue weighted by molar-refractivity contribution is -0.133. The van der Waals surface area contributed by atoms with Gasteiger partial charge in [-0.05, 0) is 18.8 Å². The predicted molar refractivity (Wildman–Crippen MR) is 71.4 cm³/mol. The number of hydrogen-bond acceptors (Lipinski definition) is 3. The molecule has 1 N–H and O–H groups in total. The van der Waals surface area contributed by atoms with E-state index in [1.54, 1.807) is 12.0 Å². The molecule has 1 saturated carbocycles. The summed E-state index contributed by atoms with van der Waals surface area (Å²) in [7, 11) is 1.63. The largest absolute Gasteiger partial charge is 0.395 e. The Labute approximate surface area is 110 Å². The lowest BCUT2D eigenvalue weighted by atomic mass is 9.96. The van der Waals surface area contributed by atoms with Gasteiger partial charge in [-0.2, -0.15) is 0 Å². The van der Waals surface area contributed by atoms with E-state index in [1.807, 2.05) is 0 Å². The summed E-state index contributed by atoms with van der Waals surface area (Å²) in [4.78, 5) is 13.9. The molecule has 0 radical (unpaired) electrons. The van der Waals surface area contributed by atoms with Crippen LogP contribution in [0.15, 0.2) is 0 Å². The molecule has 1 fully saturated rings.